The van der Waals surface area contributed by atoms with Gasteiger partial charge in [0.2, 0.25) is 0 Å². The molecule has 2 atom stereocenters. The van der Waals surface area contributed by atoms with Crippen molar-refractivity contribution in [2.24, 2.45) is 0 Å². The lowest BCUT2D eigenvalue weighted by atomic mass is 9.99. The van der Waals surface area contributed by atoms with Gasteiger partial charge < -0.3 is 0 Å². The zero-order valence-electron chi connectivity index (χ0n) is 7.36. The number of hydrogen-bond donors (Lipinski definition) is 0. The second-order valence-electron chi connectivity index (χ2n) is 2.89. The lowest BCUT2D eigenvalue weighted by Gasteiger charge is -2.08. The molecule has 0 nitrogen and oxygen atoms in total. The summed E-state index contributed by atoms with van der Waals surface area (Å²) in [5, 5.41) is 0. The Morgan fingerprint density at radius 3 is 2.33 bits per heavy atom. The van der Waals surface area contributed by atoms with E-state index >= 15 is 0 Å². The lowest BCUT2D eigenvalue weighted by Crippen LogP contribution is -1.92. The van der Waals surface area contributed by atoms with Gasteiger partial charge in [-0.15, -0.1) is 33.2 Å². The van der Waals surface area contributed by atoms with E-state index in [1.807, 2.05) is 0 Å². The molecule has 0 radical (unpaired) electrons. The Morgan fingerprint density at radius 2 is 1.83 bits per heavy atom. The van der Waals surface area contributed by atoms with Crippen molar-refractivity contribution in [2.45, 2.75) is 19.3 Å². The molecule has 1 rings (SSSR count). The van der Waals surface area contributed by atoms with Crippen molar-refractivity contribution in [2.75, 3.05) is 6.16 Å². The van der Waals surface area contributed by atoms with Crippen LogP contribution < -0.4 is 0 Å². The SMILES string of the molecule is CC(CCP)c1ccccc1.I. The van der Waals surface area contributed by atoms with Crippen LogP contribution in [0.3, 0.4) is 0 Å². The Hall–Kier alpha value is 0.380. The molecular weight excluding hydrogens is 278 g/mol. The van der Waals surface area contributed by atoms with Crippen LogP contribution in [0.2, 0.25) is 0 Å². The molecule has 0 aliphatic carbocycles. The third-order valence-corrected chi connectivity index (χ3v) is 2.30. The van der Waals surface area contributed by atoms with Crippen LogP contribution in [0, 0.1) is 0 Å². The first-order chi connectivity index (χ1) is 5.34. The number of hydrogen-bond acceptors (Lipinski definition) is 0. The molecule has 1 aromatic carbocycles. The zero-order valence-corrected chi connectivity index (χ0v) is 10.8. The first kappa shape index (κ1) is 12.4. The summed E-state index contributed by atoms with van der Waals surface area (Å²) in [7, 11) is 2.77. The zero-order chi connectivity index (χ0) is 8.10. The predicted octanol–water partition coefficient (Wildman–Crippen LogP) is 3.67. The third-order valence-electron chi connectivity index (χ3n) is 1.97. The normalized spacial score (nSPS) is 11.8. The summed E-state index contributed by atoms with van der Waals surface area (Å²) < 4.78 is 0. The average Bonchev–Trinajstić information content (AvgIpc) is 2.07. The van der Waals surface area contributed by atoms with Gasteiger partial charge in [-0.05, 0) is 24.1 Å². The number of rotatable bonds is 3. The van der Waals surface area contributed by atoms with Gasteiger partial charge in [0.25, 0.3) is 0 Å². The van der Waals surface area contributed by atoms with Crippen LogP contribution in [-0.4, -0.2) is 6.16 Å². The van der Waals surface area contributed by atoms with Crippen molar-refractivity contribution in [3.63, 3.8) is 0 Å². The van der Waals surface area contributed by atoms with Crippen molar-refractivity contribution >= 4 is 33.2 Å². The molecule has 0 aliphatic heterocycles. The van der Waals surface area contributed by atoms with Crippen molar-refractivity contribution in [1.29, 1.82) is 0 Å². The van der Waals surface area contributed by atoms with E-state index in [1.54, 1.807) is 0 Å². The van der Waals surface area contributed by atoms with E-state index in [-0.39, 0.29) is 24.0 Å². The monoisotopic (exact) mass is 294 g/mol. The van der Waals surface area contributed by atoms with Crippen LogP contribution in [0.25, 0.3) is 0 Å². The van der Waals surface area contributed by atoms with Crippen molar-refractivity contribution < 1.29 is 0 Å². The van der Waals surface area contributed by atoms with E-state index in [9.17, 15) is 0 Å². The number of halogens is 1. The van der Waals surface area contributed by atoms with Crippen LogP contribution in [-0.2, 0) is 0 Å². The maximum absolute atomic E-state index is 2.77. The molecule has 0 heterocycles. The Bertz CT molecular complexity index is 198. The molecule has 2 heteroatoms. The second kappa shape index (κ2) is 6.85. The van der Waals surface area contributed by atoms with Crippen molar-refractivity contribution in [3.8, 4) is 0 Å². The van der Waals surface area contributed by atoms with Crippen LogP contribution in [0.4, 0.5) is 0 Å². The van der Waals surface area contributed by atoms with E-state index in [0.717, 1.165) is 0 Å². The molecule has 12 heavy (non-hydrogen) atoms. The molecular formula is C10H16IP. The van der Waals surface area contributed by atoms with Gasteiger partial charge in [0.05, 0.1) is 0 Å². The molecule has 0 aliphatic rings. The molecule has 0 N–H and O–H groups in total. The van der Waals surface area contributed by atoms with Gasteiger partial charge in [-0.2, -0.15) is 0 Å². The van der Waals surface area contributed by atoms with Gasteiger partial charge >= 0.3 is 0 Å². The van der Waals surface area contributed by atoms with Gasteiger partial charge in [0, 0.05) is 0 Å². The molecule has 1 aromatic rings. The molecule has 68 valence electrons. The summed E-state index contributed by atoms with van der Waals surface area (Å²) in [5.74, 6) is 0.702. The van der Waals surface area contributed by atoms with Crippen LogP contribution in [0.15, 0.2) is 30.3 Å². The molecule has 0 aromatic heterocycles. The highest BCUT2D eigenvalue weighted by Crippen LogP contribution is 2.18. The highest BCUT2D eigenvalue weighted by molar-refractivity contribution is 14.0. The van der Waals surface area contributed by atoms with E-state index in [2.05, 4.69) is 46.5 Å². The highest BCUT2D eigenvalue weighted by Gasteiger charge is 2.01. The molecule has 0 fully saturated rings. The minimum atomic E-state index is 0. The summed E-state index contributed by atoms with van der Waals surface area (Å²) >= 11 is 0. The topological polar surface area (TPSA) is 0 Å². The summed E-state index contributed by atoms with van der Waals surface area (Å²) in [6.07, 6.45) is 2.45. The maximum Gasteiger partial charge on any atom is -0.0187 e. The van der Waals surface area contributed by atoms with Crippen molar-refractivity contribution in [1.82, 2.24) is 0 Å². The fraction of sp³-hybridized carbons (Fsp3) is 0.400. The lowest BCUT2D eigenvalue weighted by molar-refractivity contribution is 0.741. The van der Waals surface area contributed by atoms with Gasteiger partial charge in [0.15, 0.2) is 0 Å². The third kappa shape index (κ3) is 3.86. The molecule has 2 unspecified atom stereocenters. The maximum atomic E-state index is 2.77. The van der Waals surface area contributed by atoms with Crippen LogP contribution >= 0.6 is 33.2 Å². The van der Waals surface area contributed by atoms with Crippen molar-refractivity contribution in [3.05, 3.63) is 35.9 Å². The average molecular weight is 294 g/mol. The van der Waals surface area contributed by atoms with Crippen LogP contribution in [0.1, 0.15) is 24.8 Å². The first-order valence-electron chi connectivity index (χ1n) is 4.09. The quantitative estimate of drug-likeness (QED) is 0.589. The minimum absolute atomic E-state index is 0. The van der Waals surface area contributed by atoms with Crippen LogP contribution in [0.5, 0.6) is 0 Å². The Labute approximate surface area is 94.4 Å². The van der Waals surface area contributed by atoms with E-state index < -0.39 is 0 Å². The summed E-state index contributed by atoms with van der Waals surface area (Å²) in [6.45, 7) is 2.28. The second-order valence-corrected chi connectivity index (χ2v) is 3.47. The number of benzene rings is 1. The minimum Gasteiger partial charge on any atom is -0.138 e. The van der Waals surface area contributed by atoms with E-state index in [0.29, 0.717) is 5.92 Å². The van der Waals surface area contributed by atoms with Gasteiger partial charge in [-0.3, -0.25) is 0 Å². The summed E-state index contributed by atoms with van der Waals surface area (Å²) in [5.41, 5.74) is 1.45. The summed E-state index contributed by atoms with van der Waals surface area (Å²) in [6, 6.07) is 10.7. The smallest absolute Gasteiger partial charge is 0.0187 e. The fourth-order valence-corrected chi connectivity index (χ4v) is 1.70. The Morgan fingerprint density at radius 1 is 1.25 bits per heavy atom. The molecule has 0 amide bonds. The largest absolute Gasteiger partial charge is 0.138 e. The Kier molecular flexibility index (Phi) is 7.07. The van der Waals surface area contributed by atoms with E-state index in [1.165, 1.54) is 18.1 Å². The molecule has 0 bridgehead atoms. The van der Waals surface area contributed by atoms with Gasteiger partial charge in [0.1, 0.15) is 0 Å². The predicted molar refractivity (Wildman–Crippen MR) is 69.5 cm³/mol. The standard InChI is InChI=1S/C10H15P.HI/c1-9(7-8-11)10-5-3-2-4-6-10;/h2-6,9H,7-8,11H2,1H3;1H. The summed E-state index contributed by atoms with van der Waals surface area (Å²) in [4.78, 5) is 0. The molecule has 0 saturated carbocycles. The molecule has 0 saturated heterocycles. The molecule has 0 spiro atoms. The first-order valence-corrected chi connectivity index (χ1v) is 4.91. The van der Waals surface area contributed by atoms with Gasteiger partial charge in [-0.25, -0.2) is 0 Å². The Balaban J connectivity index is 0.00000121. The highest BCUT2D eigenvalue weighted by atomic mass is 127. The van der Waals surface area contributed by atoms with E-state index in [4.69, 9.17) is 0 Å². The van der Waals surface area contributed by atoms with Gasteiger partial charge in [-0.1, -0.05) is 37.3 Å². The fourth-order valence-electron chi connectivity index (χ4n) is 1.20.